The summed E-state index contributed by atoms with van der Waals surface area (Å²) in [5.74, 6) is 18.4. The molecule has 1 heterocycles. The van der Waals surface area contributed by atoms with E-state index in [0.717, 1.165) is 0 Å². The minimum absolute atomic E-state index is 0.450. The van der Waals surface area contributed by atoms with Gasteiger partial charge < -0.3 is 0 Å². The predicted molar refractivity (Wildman–Crippen MR) is 165 cm³/mol. The third kappa shape index (κ3) is 29.0. The van der Waals surface area contributed by atoms with E-state index < -0.39 is 0 Å². The van der Waals surface area contributed by atoms with E-state index in [1.54, 1.807) is 0 Å². The van der Waals surface area contributed by atoms with Crippen molar-refractivity contribution < 1.29 is 0 Å². The molecule has 1 rings (SSSR count). The van der Waals surface area contributed by atoms with E-state index in [1.807, 2.05) is 0 Å². The van der Waals surface area contributed by atoms with Crippen molar-refractivity contribution in [3.05, 3.63) is 0 Å². The van der Waals surface area contributed by atoms with Gasteiger partial charge in [-0.05, 0) is 0 Å². The normalized spacial score (nSPS) is 18.7. The third-order valence-corrected chi connectivity index (χ3v) is 14.0. The molecule has 0 aromatic heterocycles. The number of hydrogen-bond donors (Lipinski definition) is 0. The van der Waals surface area contributed by atoms with E-state index in [0.29, 0.717) is 89.7 Å². The van der Waals surface area contributed by atoms with Crippen molar-refractivity contribution in [3.63, 3.8) is 0 Å². The molecule has 0 unspecified atom stereocenters. The van der Waals surface area contributed by atoms with Crippen molar-refractivity contribution in [1.82, 2.24) is 0 Å². The predicted octanol–water partition coefficient (Wildman–Crippen LogP) is 5.18. The molecular weight excluding hydrogens is 834 g/mol. The third-order valence-electron chi connectivity index (χ3n) is 4.66. The monoisotopic (exact) mass is 876 g/mol. The van der Waals surface area contributed by atoms with E-state index in [2.05, 4.69) is 64.4 Å². The van der Waals surface area contributed by atoms with Gasteiger partial charge in [-0.2, -0.15) is 0 Å². The van der Waals surface area contributed by atoms with E-state index in [-0.39, 0.29) is 0 Å². The van der Waals surface area contributed by atoms with Crippen LogP contribution in [0.2, 0.25) is 31.9 Å². The summed E-state index contributed by atoms with van der Waals surface area (Å²) in [4.78, 5) is 19.7. The SMILES string of the molecule is C1#C[Se]CCCCCC[Se]C#CC#C[Se]CCCCCC[Se]C#CC#C[Se]CCCCCC[Se]C#C1. The summed E-state index contributed by atoms with van der Waals surface area (Å²) in [5.41, 5.74) is 0. The fourth-order valence-electron chi connectivity index (χ4n) is 2.78. The summed E-state index contributed by atoms with van der Waals surface area (Å²) in [7, 11) is 0. The van der Waals surface area contributed by atoms with Crippen LogP contribution < -0.4 is 0 Å². The molecule has 0 saturated heterocycles. The Hall–Kier alpha value is 0.477. The van der Waals surface area contributed by atoms with Gasteiger partial charge in [0.2, 0.25) is 0 Å². The van der Waals surface area contributed by atoms with Crippen LogP contribution in [0.1, 0.15) is 77.0 Å². The van der Waals surface area contributed by atoms with Crippen molar-refractivity contribution in [1.29, 1.82) is 0 Å². The maximum atomic E-state index is 3.29. The molecule has 0 nitrogen and oxygen atoms in total. The molecule has 6 heteroatoms. The van der Waals surface area contributed by atoms with Gasteiger partial charge in [0.15, 0.2) is 0 Å². The van der Waals surface area contributed by atoms with Gasteiger partial charge >= 0.3 is 263 Å². The van der Waals surface area contributed by atoms with Crippen molar-refractivity contribution in [2.24, 2.45) is 0 Å². The van der Waals surface area contributed by atoms with Crippen molar-refractivity contribution >= 4 is 89.7 Å². The van der Waals surface area contributed by atoms with Gasteiger partial charge in [-0.25, -0.2) is 0 Å². The van der Waals surface area contributed by atoms with Crippen LogP contribution in [0.15, 0.2) is 0 Å². The van der Waals surface area contributed by atoms with Gasteiger partial charge in [-0.3, -0.25) is 0 Å². The van der Waals surface area contributed by atoms with E-state index >= 15 is 0 Å². The summed E-state index contributed by atoms with van der Waals surface area (Å²) in [6.45, 7) is 0. The van der Waals surface area contributed by atoms with Crippen LogP contribution in [0.25, 0.3) is 0 Å². The summed E-state index contributed by atoms with van der Waals surface area (Å²) >= 11 is 2.70. The molecule has 0 aromatic carbocycles. The quantitative estimate of drug-likeness (QED) is 0.233. The number of hydrogen-bond acceptors (Lipinski definition) is 0. The Morgan fingerprint density at radius 1 is 0.222 bits per heavy atom. The molecule has 0 radical (unpaired) electrons. The molecule has 0 aliphatic carbocycles. The summed E-state index contributed by atoms with van der Waals surface area (Å²) in [5, 5.41) is 7.64. The standard InChI is InChI=1S/C30H36Se6/c1-2-8-20-32-26-15-16-28-34-22-10-5-6-12-24-36-30-18-17-29-35-23-11-4-3-9-21-33-27-14-13-25-31-19-7-1/h1-12,19-24H2. The second-order valence-electron chi connectivity index (χ2n) is 7.70. The Morgan fingerprint density at radius 2 is 0.389 bits per heavy atom. The molecule has 0 spiro atoms. The van der Waals surface area contributed by atoms with Crippen LogP contribution in [0, 0.1) is 64.4 Å². The van der Waals surface area contributed by atoms with Crippen LogP contribution >= 0.6 is 0 Å². The topological polar surface area (TPSA) is 0 Å². The molecule has 0 amide bonds. The Morgan fingerprint density at radius 3 is 0.556 bits per heavy atom. The van der Waals surface area contributed by atoms with E-state index in [4.69, 9.17) is 0 Å². The first-order chi connectivity index (χ1) is 18.0. The molecule has 0 aromatic rings. The second kappa shape index (κ2) is 31.7. The average Bonchev–Trinajstić information content (AvgIpc) is 2.89. The van der Waals surface area contributed by atoms with Crippen molar-refractivity contribution in [2.75, 3.05) is 0 Å². The fourth-order valence-corrected chi connectivity index (χ4v) is 10.0. The first-order valence-electron chi connectivity index (χ1n) is 12.7. The summed E-state index contributed by atoms with van der Waals surface area (Å²) < 4.78 is 0. The summed E-state index contributed by atoms with van der Waals surface area (Å²) in [6.07, 6.45) is 16.0. The average molecular weight is 870 g/mol. The first-order valence-corrected chi connectivity index (χ1v) is 25.1. The zero-order valence-corrected chi connectivity index (χ0v) is 31.5. The zero-order chi connectivity index (χ0) is 25.5. The molecule has 0 bridgehead atoms. The Labute approximate surface area is 260 Å². The van der Waals surface area contributed by atoms with Gasteiger partial charge in [-0.15, -0.1) is 0 Å². The fraction of sp³-hybridized carbons (Fsp3) is 0.600. The van der Waals surface area contributed by atoms with E-state index in [9.17, 15) is 0 Å². The molecule has 192 valence electrons. The van der Waals surface area contributed by atoms with Crippen LogP contribution in [0.4, 0.5) is 0 Å². The molecule has 0 saturated carbocycles. The Balaban J connectivity index is 2.25. The van der Waals surface area contributed by atoms with Gasteiger partial charge in [-0.1, -0.05) is 0 Å². The van der Waals surface area contributed by atoms with Gasteiger partial charge in [0.25, 0.3) is 0 Å². The molecule has 0 atom stereocenters. The zero-order valence-electron chi connectivity index (χ0n) is 21.2. The maximum absolute atomic E-state index is 3.29. The molecular formula is C30H36Se6. The van der Waals surface area contributed by atoms with Crippen LogP contribution in [-0.2, 0) is 0 Å². The molecule has 1 aliphatic rings. The van der Waals surface area contributed by atoms with Crippen LogP contribution in [-0.4, -0.2) is 89.7 Å². The van der Waals surface area contributed by atoms with E-state index in [1.165, 1.54) is 109 Å². The Kier molecular flexibility index (Phi) is 30.4. The summed E-state index contributed by atoms with van der Waals surface area (Å²) in [6, 6.07) is 0. The van der Waals surface area contributed by atoms with Crippen molar-refractivity contribution in [2.45, 2.75) is 109 Å². The second-order valence-corrected chi connectivity index (χ2v) is 19.0. The molecule has 1 aliphatic heterocycles. The number of rotatable bonds is 0. The Bertz CT molecular complexity index is 717. The minimum atomic E-state index is 0.450. The molecule has 0 fully saturated rings. The molecule has 36 heavy (non-hydrogen) atoms. The first kappa shape index (κ1) is 34.5. The van der Waals surface area contributed by atoms with Gasteiger partial charge in [0.05, 0.1) is 0 Å². The van der Waals surface area contributed by atoms with Crippen molar-refractivity contribution in [3.8, 4) is 64.4 Å². The van der Waals surface area contributed by atoms with Gasteiger partial charge in [0.1, 0.15) is 0 Å². The van der Waals surface area contributed by atoms with Crippen LogP contribution in [0.5, 0.6) is 0 Å². The molecule has 0 N–H and O–H groups in total. The van der Waals surface area contributed by atoms with Gasteiger partial charge in [0, 0.05) is 0 Å². The van der Waals surface area contributed by atoms with Crippen LogP contribution in [0.3, 0.4) is 0 Å².